The summed E-state index contributed by atoms with van der Waals surface area (Å²) in [6, 6.07) is 3.66. The highest BCUT2D eigenvalue weighted by Gasteiger charge is 1.97. The van der Waals surface area contributed by atoms with Crippen LogP contribution in [0.1, 0.15) is 5.56 Å². The third-order valence-corrected chi connectivity index (χ3v) is 2.07. The number of benzene rings is 1. The first-order valence-electron chi connectivity index (χ1n) is 2.92. The molecule has 1 aromatic rings. The van der Waals surface area contributed by atoms with Crippen molar-refractivity contribution >= 4 is 27.3 Å². The van der Waals surface area contributed by atoms with E-state index in [4.69, 9.17) is 11.5 Å². The minimum absolute atomic E-state index is 0.683. The summed E-state index contributed by atoms with van der Waals surface area (Å²) >= 11 is 3.30. The van der Waals surface area contributed by atoms with E-state index in [1.165, 1.54) is 0 Å². The van der Waals surface area contributed by atoms with Gasteiger partial charge >= 0.3 is 0 Å². The molecule has 3 heteroatoms. The lowest BCUT2D eigenvalue weighted by Gasteiger charge is -2.02. The van der Waals surface area contributed by atoms with Gasteiger partial charge in [0.05, 0.1) is 0 Å². The molecule has 0 aliphatic heterocycles. The Morgan fingerprint density at radius 3 is 2.30 bits per heavy atom. The Hall–Kier alpha value is -0.700. The smallest absolute Gasteiger partial charge is 0.0479 e. The summed E-state index contributed by atoms with van der Waals surface area (Å²) in [7, 11) is 0. The van der Waals surface area contributed by atoms with Crippen molar-refractivity contribution in [2.24, 2.45) is 0 Å². The van der Waals surface area contributed by atoms with Crippen molar-refractivity contribution in [1.29, 1.82) is 0 Å². The van der Waals surface area contributed by atoms with Crippen LogP contribution in [0.5, 0.6) is 0 Å². The van der Waals surface area contributed by atoms with Crippen LogP contribution < -0.4 is 11.5 Å². The average Bonchev–Trinajstić information content (AvgIpc) is 1.84. The number of nitrogen functional groups attached to an aromatic ring is 2. The van der Waals surface area contributed by atoms with Gasteiger partial charge in [-0.1, -0.05) is 0 Å². The van der Waals surface area contributed by atoms with E-state index in [0.29, 0.717) is 5.69 Å². The number of nitrogens with two attached hydrogens (primary N) is 2. The van der Waals surface area contributed by atoms with Crippen molar-refractivity contribution in [2.45, 2.75) is 6.92 Å². The van der Waals surface area contributed by atoms with Crippen molar-refractivity contribution in [3.8, 4) is 0 Å². The summed E-state index contributed by atoms with van der Waals surface area (Å²) < 4.78 is 0.902. The predicted octanol–water partition coefficient (Wildman–Crippen LogP) is 1.92. The first kappa shape index (κ1) is 7.41. The van der Waals surface area contributed by atoms with E-state index >= 15 is 0 Å². The van der Waals surface area contributed by atoms with Crippen LogP contribution in [-0.4, -0.2) is 0 Å². The fourth-order valence-corrected chi connectivity index (χ4v) is 1.16. The summed E-state index contributed by atoms with van der Waals surface area (Å²) in [5, 5.41) is 0. The molecule has 54 valence electrons. The van der Waals surface area contributed by atoms with Gasteiger partial charge in [0.15, 0.2) is 0 Å². The Labute approximate surface area is 68.3 Å². The molecule has 0 aliphatic carbocycles. The second kappa shape index (κ2) is 2.50. The SMILES string of the molecule is Cc1cc(Br)c(N)cc1N. The minimum Gasteiger partial charge on any atom is -0.398 e. The molecule has 0 saturated heterocycles. The van der Waals surface area contributed by atoms with Crippen molar-refractivity contribution in [2.75, 3.05) is 11.5 Å². The zero-order valence-electron chi connectivity index (χ0n) is 5.69. The third-order valence-electron chi connectivity index (χ3n) is 1.39. The second-order valence-corrected chi connectivity index (χ2v) is 3.08. The van der Waals surface area contributed by atoms with E-state index in [-0.39, 0.29) is 0 Å². The Morgan fingerprint density at radius 1 is 1.20 bits per heavy atom. The van der Waals surface area contributed by atoms with E-state index < -0.39 is 0 Å². The lowest BCUT2D eigenvalue weighted by molar-refractivity contribution is 1.45. The van der Waals surface area contributed by atoms with Crippen LogP contribution in [0.25, 0.3) is 0 Å². The van der Waals surface area contributed by atoms with Gasteiger partial charge in [0, 0.05) is 15.8 Å². The van der Waals surface area contributed by atoms with Crippen LogP contribution in [-0.2, 0) is 0 Å². The van der Waals surface area contributed by atoms with Crippen LogP contribution in [0.3, 0.4) is 0 Å². The average molecular weight is 201 g/mol. The molecular weight excluding hydrogens is 192 g/mol. The molecule has 0 fully saturated rings. The van der Waals surface area contributed by atoms with E-state index in [1.807, 2.05) is 13.0 Å². The lowest BCUT2D eigenvalue weighted by Crippen LogP contribution is -1.93. The van der Waals surface area contributed by atoms with Gasteiger partial charge in [-0.25, -0.2) is 0 Å². The van der Waals surface area contributed by atoms with E-state index in [9.17, 15) is 0 Å². The summed E-state index contributed by atoms with van der Waals surface area (Å²) in [5.74, 6) is 0. The molecule has 0 spiro atoms. The first-order chi connectivity index (χ1) is 4.61. The number of halogens is 1. The van der Waals surface area contributed by atoms with E-state index in [2.05, 4.69) is 15.9 Å². The van der Waals surface area contributed by atoms with Crippen LogP contribution in [0.15, 0.2) is 16.6 Å². The maximum atomic E-state index is 5.59. The number of aryl methyl sites for hydroxylation is 1. The van der Waals surface area contributed by atoms with Gasteiger partial charge in [0.2, 0.25) is 0 Å². The third kappa shape index (κ3) is 1.24. The molecule has 0 aromatic heterocycles. The fraction of sp³-hybridized carbons (Fsp3) is 0.143. The molecular formula is C7H9BrN2. The second-order valence-electron chi connectivity index (χ2n) is 2.23. The van der Waals surface area contributed by atoms with Gasteiger partial charge in [0.1, 0.15) is 0 Å². The lowest BCUT2D eigenvalue weighted by atomic mass is 10.2. The van der Waals surface area contributed by atoms with Gasteiger partial charge in [-0.05, 0) is 40.5 Å². The topological polar surface area (TPSA) is 52.0 Å². The molecule has 0 aliphatic rings. The summed E-state index contributed by atoms with van der Waals surface area (Å²) in [6.07, 6.45) is 0. The highest BCUT2D eigenvalue weighted by atomic mass is 79.9. The maximum absolute atomic E-state index is 5.59. The number of rotatable bonds is 0. The van der Waals surface area contributed by atoms with Crippen LogP contribution in [0.4, 0.5) is 11.4 Å². The Kier molecular flexibility index (Phi) is 1.85. The largest absolute Gasteiger partial charge is 0.398 e. The molecule has 0 amide bonds. The summed E-state index contributed by atoms with van der Waals surface area (Å²) in [5.41, 5.74) is 13.6. The fourth-order valence-electron chi connectivity index (χ4n) is 0.707. The molecule has 1 rings (SSSR count). The molecule has 0 unspecified atom stereocenters. The monoisotopic (exact) mass is 200 g/mol. The zero-order valence-corrected chi connectivity index (χ0v) is 7.27. The van der Waals surface area contributed by atoms with Crippen molar-refractivity contribution in [3.05, 3.63) is 22.2 Å². The van der Waals surface area contributed by atoms with Gasteiger partial charge in [-0.15, -0.1) is 0 Å². The molecule has 10 heavy (non-hydrogen) atoms. The van der Waals surface area contributed by atoms with Gasteiger partial charge < -0.3 is 11.5 Å². The molecule has 1 aromatic carbocycles. The number of hydrogen-bond donors (Lipinski definition) is 2. The maximum Gasteiger partial charge on any atom is 0.0479 e. The Morgan fingerprint density at radius 2 is 1.80 bits per heavy atom. The van der Waals surface area contributed by atoms with Gasteiger partial charge in [-0.2, -0.15) is 0 Å². The Bertz CT molecular complexity index is 208. The summed E-state index contributed by atoms with van der Waals surface area (Å²) in [6.45, 7) is 1.94. The van der Waals surface area contributed by atoms with Crippen molar-refractivity contribution < 1.29 is 0 Å². The minimum atomic E-state index is 0.683. The molecule has 0 atom stereocenters. The number of hydrogen-bond acceptors (Lipinski definition) is 2. The van der Waals surface area contributed by atoms with Gasteiger partial charge in [0.25, 0.3) is 0 Å². The van der Waals surface area contributed by atoms with Crippen LogP contribution in [0, 0.1) is 6.92 Å². The summed E-state index contributed by atoms with van der Waals surface area (Å²) in [4.78, 5) is 0. The number of anilines is 2. The zero-order chi connectivity index (χ0) is 7.72. The van der Waals surface area contributed by atoms with E-state index in [1.54, 1.807) is 6.07 Å². The highest BCUT2D eigenvalue weighted by molar-refractivity contribution is 9.10. The molecule has 0 saturated carbocycles. The van der Waals surface area contributed by atoms with Crippen molar-refractivity contribution in [1.82, 2.24) is 0 Å². The first-order valence-corrected chi connectivity index (χ1v) is 3.71. The van der Waals surface area contributed by atoms with Gasteiger partial charge in [-0.3, -0.25) is 0 Å². The standard InChI is InChI=1S/C7H9BrN2/c1-4-2-5(8)7(10)3-6(4)9/h2-3H,9-10H2,1H3. The normalized spacial score (nSPS) is 9.80. The molecule has 4 N–H and O–H groups in total. The van der Waals surface area contributed by atoms with Crippen molar-refractivity contribution in [3.63, 3.8) is 0 Å². The van der Waals surface area contributed by atoms with Crippen LogP contribution in [0.2, 0.25) is 0 Å². The van der Waals surface area contributed by atoms with Crippen LogP contribution >= 0.6 is 15.9 Å². The predicted molar refractivity (Wildman–Crippen MR) is 47.7 cm³/mol. The van der Waals surface area contributed by atoms with E-state index in [0.717, 1.165) is 15.7 Å². The molecule has 2 nitrogen and oxygen atoms in total. The quantitative estimate of drug-likeness (QED) is 0.630. The highest BCUT2D eigenvalue weighted by Crippen LogP contribution is 2.24. The Balaban J connectivity index is 3.28. The molecule has 0 bridgehead atoms. The molecule has 0 radical (unpaired) electrons. The molecule has 0 heterocycles.